The summed E-state index contributed by atoms with van der Waals surface area (Å²) in [6.45, 7) is 1.62. The molecule has 23 heavy (non-hydrogen) atoms. The van der Waals surface area contributed by atoms with Crippen LogP contribution in [-0.2, 0) is 16.1 Å². The van der Waals surface area contributed by atoms with Crippen LogP contribution in [0.1, 0.15) is 12.8 Å². The molecule has 2 heterocycles. The third-order valence-electron chi connectivity index (χ3n) is 5.05. The second-order valence-electron chi connectivity index (χ2n) is 6.44. The first-order chi connectivity index (χ1) is 11.3. The van der Waals surface area contributed by atoms with E-state index in [-0.39, 0.29) is 37.1 Å². The molecule has 6 nitrogen and oxygen atoms in total. The molecule has 1 aliphatic carbocycles. The summed E-state index contributed by atoms with van der Waals surface area (Å²) in [6, 6.07) is 8.00. The first kappa shape index (κ1) is 14.7. The van der Waals surface area contributed by atoms with Crippen molar-refractivity contribution < 1.29 is 14.6 Å². The van der Waals surface area contributed by atoms with Crippen LogP contribution in [0.2, 0.25) is 0 Å². The molecule has 2 fully saturated rings. The van der Waals surface area contributed by atoms with Crippen LogP contribution in [0, 0.1) is 5.92 Å². The van der Waals surface area contributed by atoms with Crippen molar-refractivity contribution in [3.05, 3.63) is 30.5 Å². The van der Waals surface area contributed by atoms with Crippen molar-refractivity contribution in [3.63, 3.8) is 0 Å². The maximum absolute atomic E-state index is 12.8. The van der Waals surface area contributed by atoms with Gasteiger partial charge in [0.2, 0.25) is 5.91 Å². The van der Waals surface area contributed by atoms with E-state index in [0.29, 0.717) is 13.2 Å². The highest BCUT2D eigenvalue weighted by Crippen LogP contribution is 2.34. The normalized spacial score (nSPS) is 27.3. The summed E-state index contributed by atoms with van der Waals surface area (Å²) in [7, 11) is 0. The van der Waals surface area contributed by atoms with Crippen molar-refractivity contribution in [3.8, 4) is 0 Å². The summed E-state index contributed by atoms with van der Waals surface area (Å²) >= 11 is 0. The van der Waals surface area contributed by atoms with Gasteiger partial charge in [-0.2, -0.15) is 5.10 Å². The van der Waals surface area contributed by atoms with Crippen LogP contribution in [0.4, 0.5) is 0 Å². The zero-order valence-corrected chi connectivity index (χ0v) is 13.0. The van der Waals surface area contributed by atoms with Gasteiger partial charge in [0.25, 0.3) is 0 Å². The van der Waals surface area contributed by atoms with Gasteiger partial charge in [-0.15, -0.1) is 0 Å². The molecule has 1 amide bonds. The van der Waals surface area contributed by atoms with Gasteiger partial charge in [-0.05, 0) is 24.8 Å². The van der Waals surface area contributed by atoms with Crippen LogP contribution in [0.3, 0.4) is 0 Å². The largest absolute Gasteiger partial charge is 0.396 e. The molecule has 0 bridgehead atoms. The smallest absolute Gasteiger partial charge is 0.244 e. The van der Waals surface area contributed by atoms with Gasteiger partial charge < -0.3 is 14.7 Å². The van der Waals surface area contributed by atoms with Gasteiger partial charge in [0.15, 0.2) is 0 Å². The third kappa shape index (κ3) is 2.62. The molecule has 6 heteroatoms. The number of aromatic nitrogens is 2. The summed E-state index contributed by atoms with van der Waals surface area (Å²) in [5.74, 6) is 0.319. The topological polar surface area (TPSA) is 67.6 Å². The molecule has 1 N–H and O–H groups in total. The average Bonchev–Trinajstić information content (AvgIpc) is 3.18. The molecule has 1 unspecified atom stereocenters. The van der Waals surface area contributed by atoms with Gasteiger partial charge in [-0.1, -0.05) is 18.2 Å². The monoisotopic (exact) mass is 315 g/mol. The minimum Gasteiger partial charge on any atom is -0.396 e. The highest BCUT2D eigenvalue weighted by Gasteiger charge is 2.42. The number of carbonyl (C=O) groups excluding carboxylic acids is 1. The number of fused-ring (bicyclic) bond motifs is 2. The zero-order valence-electron chi connectivity index (χ0n) is 13.0. The Morgan fingerprint density at radius 3 is 3.09 bits per heavy atom. The van der Waals surface area contributed by atoms with Gasteiger partial charge in [0, 0.05) is 18.5 Å². The van der Waals surface area contributed by atoms with Crippen molar-refractivity contribution in [1.29, 1.82) is 0 Å². The standard InChI is InChI=1S/C17H21N3O3/c21-11-12-7-15-16(8-12)23-6-5-19(15)17(22)10-20-14-4-2-1-3-13(14)9-18-20/h1-4,9,12,15-16,21H,5-8,10-11H2/t12-,15+,16?/m1/s1. The molecule has 1 saturated heterocycles. The number of hydrogen-bond donors (Lipinski definition) is 1. The number of amides is 1. The van der Waals surface area contributed by atoms with Crippen LogP contribution in [-0.4, -0.2) is 57.6 Å². The van der Waals surface area contributed by atoms with Gasteiger partial charge in [-0.25, -0.2) is 0 Å². The lowest BCUT2D eigenvalue weighted by Crippen LogP contribution is -2.52. The molecule has 2 aliphatic rings. The Balaban J connectivity index is 1.52. The molecule has 3 atom stereocenters. The van der Waals surface area contributed by atoms with Gasteiger partial charge in [0.05, 0.1) is 30.5 Å². The van der Waals surface area contributed by atoms with E-state index in [4.69, 9.17) is 4.74 Å². The highest BCUT2D eigenvalue weighted by molar-refractivity contribution is 5.82. The lowest BCUT2D eigenvalue weighted by molar-refractivity contribution is -0.144. The summed E-state index contributed by atoms with van der Waals surface area (Å²) < 4.78 is 7.56. The molecule has 1 aliphatic heterocycles. The Morgan fingerprint density at radius 2 is 2.22 bits per heavy atom. The summed E-state index contributed by atoms with van der Waals surface area (Å²) in [5, 5.41) is 14.8. The molecular weight excluding hydrogens is 294 g/mol. The van der Waals surface area contributed by atoms with E-state index in [1.807, 2.05) is 29.2 Å². The molecular formula is C17H21N3O3. The van der Waals surface area contributed by atoms with Crippen molar-refractivity contribution in [2.24, 2.45) is 5.92 Å². The van der Waals surface area contributed by atoms with Crippen molar-refractivity contribution in [1.82, 2.24) is 14.7 Å². The van der Waals surface area contributed by atoms with E-state index in [0.717, 1.165) is 23.7 Å². The number of benzene rings is 1. The van der Waals surface area contributed by atoms with E-state index in [1.54, 1.807) is 10.9 Å². The molecule has 122 valence electrons. The number of aliphatic hydroxyl groups is 1. The van der Waals surface area contributed by atoms with E-state index >= 15 is 0 Å². The van der Waals surface area contributed by atoms with E-state index in [2.05, 4.69) is 5.10 Å². The van der Waals surface area contributed by atoms with Crippen molar-refractivity contribution >= 4 is 16.8 Å². The van der Waals surface area contributed by atoms with Crippen LogP contribution < -0.4 is 0 Å². The molecule has 0 spiro atoms. The second-order valence-corrected chi connectivity index (χ2v) is 6.44. The van der Waals surface area contributed by atoms with Crippen LogP contribution >= 0.6 is 0 Å². The van der Waals surface area contributed by atoms with Gasteiger partial charge in [-0.3, -0.25) is 9.48 Å². The maximum Gasteiger partial charge on any atom is 0.244 e. The molecule has 4 rings (SSSR count). The number of para-hydroxylation sites is 1. The zero-order chi connectivity index (χ0) is 15.8. The van der Waals surface area contributed by atoms with E-state index in [1.165, 1.54) is 0 Å². The number of nitrogens with zero attached hydrogens (tertiary/aromatic N) is 3. The molecule has 0 radical (unpaired) electrons. The molecule has 1 saturated carbocycles. The second kappa shape index (κ2) is 5.94. The molecule has 2 aromatic rings. The van der Waals surface area contributed by atoms with Crippen LogP contribution in [0.15, 0.2) is 30.5 Å². The lowest BCUT2D eigenvalue weighted by atomic mass is 10.1. The lowest BCUT2D eigenvalue weighted by Gasteiger charge is -2.37. The fourth-order valence-corrected chi connectivity index (χ4v) is 3.88. The summed E-state index contributed by atoms with van der Waals surface area (Å²) in [4.78, 5) is 14.7. The number of rotatable bonds is 3. The minimum atomic E-state index is 0.0687. The maximum atomic E-state index is 12.8. The summed E-state index contributed by atoms with van der Waals surface area (Å²) in [5.41, 5.74) is 0.977. The van der Waals surface area contributed by atoms with Crippen molar-refractivity contribution in [2.45, 2.75) is 31.5 Å². The predicted octanol–water partition coefficient (Wildman–Crippen LogP) is 1.03. The number of ether oxygens (including phenoxy) is 1. The molecule has 1 aromatic carbocycles. The third-order valence-corrected chi connectivity index (χ3v) is 5.05. The molecule has 1 aromatic heterocycles. The van der Waals surface area contributed by atoms with Gasteiger partial charge in [0.1, 0.15) is 6.54 Å². The highest BCUT2D eigenvalue weighted by atomic mass is 16.5. The quantitative estimate of drug-likeness (QED) is 0.919. The predicted molar refractivity (Wildman–Crippen MR) is 84.8 cm³/mol. The minimum absolute atomic E-state index is 0.0687. The summed E-state index contributed by atoms with van der Waals surface area (Å²) in [6.07, 6.45) is 3.53. The van der Waals surface area contributed by atoms with Crippen molar-refractivity contribution in [2.75, 3.05) is 19.8 Å². The van der Waals surface area contributed by atoms with E-state index < -0.39 is 0 Å². The Morgan fingerprint density at radius 1 is 1.35 bits per heavy atom. The first-order valence-corrected chi connectivity index (χ1v) is 8.18. The Labute approximate surface area is 134 Å². The fraction of sp³-hybridized carbons (Fsp3) is 0.529. The van der Waals surface area contributed by atoms with Crippen LogP contribution in [0.25, 0.3) is 10.9 Å². The number of carbonyl (C=O) groups is 1. The van der Waals surface area contributed by atoms with Crippen LogP contribution in [0.5, 0.6) is 0 Å². The van der Waals surface area contributed by atoms with E-state index in [9.17, 15) is 9.90 Å². The number of morpholine rings is 1. The SMILES string of the molecule is O=C(Cn1ncc2ccccc21)N1CCOC2C[C@H](CO)C[C@@H]21. The number of aliphatic hydroxyl groups excluding tert-OH is 1. The fourth-order valence-electron chi connectivity index (χ4n) is 3.88. The first-order valence-electron chi connectivity index (χ1n) is 8.18. The number of hydrogen-bond acceptors (Lipinski definition) is 4. The average molecular weight is 315 g/mol. The van der Waals surface area contributed by atoms with Gasteiger partial charge >= 0.3 is 0 Å². The Bertz CT molecular complexity index is 714. The Hall–Kier alpha value is -1.92. The Kier molecular flexibility index (Phi) is 3.79.